The van der Waals surface area contributed by atoms with E-state index in [0.29, 0.717) is 11.4 Å². The van der Waals surface area contributed by atoms with Crippen molar-refractivity contribution in [1.82, 2.24) is 4.57 Å². The molecule has 4 heteroatoms. The largest absolute Gasteiger partial charge is 0.317 e. The van der Waals surface area contributed by atoms with Crippen LogP contribution < -0.4 is 0 Å². The zero-order chi connectivity index (χ0) is 15.4. The number of fused-ring (bicyclic) bond motifs is 1. The molecule has 0 saturated heterocycles. The van der Waals surface area contributed by atoms with E-state index in [1.165, 1.54) is 0 Å². The van der Waals surface area contributed by atoms with Crippen molar-refractivity contribution in [2.75, 3.05) is 0 Å². The van der Waals surface area contributed by atoms with Gasteiger partial charge in [-0.2, -0.15) is 0 Å². The molecule has 21 heavy (non-hydrogen) atoms. The van der Waals surface area contributed by atoms with E-state index in [4.69, 9.17) is 11.6 Å². The molecule has 1 aromatic heterocycles. The second-order valence-electron chi connectivity index (χ2n) is 6.52. The Morgan fingerprint density at radius 3 is 2.62 bits per heavy atom. The molecule has 0 N–H and O–H groups in total. The quantitative estimate of drug-likeness (QED) is 0.666. The van der Waals surface area contributed by atoms with Gasteiger partial charge in [-0.3, -0.25) is 4.79 Å². The number of Topliss-reactive ketones (excluding diaryl/α,β-unsaturated/α-hetero) is 1. The Hall–Kier alpha value is -1.06. The second kappa shape index (κ2) is 4.99. The molecule has 0 unspecified atom stereocenters. The summed E-state index contributed by atoms with van der Waals surface area (Å²) in [6.07, 6.45) is 1.51. The Balaban J connectivity index is 2.20. The van der Waals surface area contributed by atoms with E-state index >= 15 is 0 Å². The van der Waals surface area contributed by atoms with Crippen LogP contribution >= 0.6 is 27.5 Å². The minimum absolute atomic E-state index is 0.00574. The van der Waals surface area contributed by atoms with Gasteiger partial charge in [0.05, 0.1) is 5.02 Å². The summed E-state index contributed by atoms with van der Waals surface area (Å²) >= 11 is 9.64. The fraction of sp³-hybridized carbons (Fsp3) is 0.353. The van der Waals surface area contributed by atoms with Crippen LogP contribution in [0, 0.1) is 12.3 Å². The fourth-order valence-corrected chi connectivity index (χ4v) is 3.56. The molecule has 0 amide bonds. The van der Waals surface area contributed by atoms with Gasteiger partial charge in [-0.15, -0.1) is 0 Å². The lowest BCUT2D eigenvalue weighted by molar-refractivity contribution is 0.0911. The monoisotopic (exact) mass is 365 g/mol. The Kier molecular flexibility index (Phi) is 3.53. The van der Waals surface area contributed by atoms with E-state index in [-0.39, 0.29) is 11.2 Å². The normalized spacial score (nSPS) is 16.9. The molecule has 0 radical (unpaired) electrons. The molecule has 1 aliphatic rings. The van der Waals surface area contributed by atoms with Gasteiger partial charge in [0.25, 0.3) is 0 Å². The summed E-state index contributed by atoms with van der Waals surface area (Å²) in [4.78, 5) is 12.4. The maximum absolute atomic E-state index is 12.4. The van der Waals surface area contributed by atoms with Gasteiger partial charge in [0.2, 0.25) is 0 Å². The number of aryl methyl sites for hydroxylation is 1. The molecular formula is C17H17BrClNO. The maximum atomic E-state index is 12.4. The molecule has 0 saturated carbocycles. The van der Waals surface area contributed by atoms with Crippen molar-refractivity contribution in [1.29, 1.82) is 0 Å². The van der Waals surface area contributed by atoms with Crippen LogP contribution in [0.5, 0.6) is 0 Å². The summed E-state index contributed by atoms with van der Waals surface area (Å²) in [5.41, 5.74) is 4.06. The molecule has 1 heterocycles. The fourth-order valence-electron chi connectivity index (χ4n) is 3.14. The predicted molar refractivity (Wildman–Crippen MR) is 89.6 cm³/mol. The number of hydrogen-bond acceptors (Lipinski definition) is 1. The highest BCUT2D eigenvalue weighted by Crippen LogP contribution is 2.38. The zero-order valence-corrected chi connectivity index (χ0v) is 14.7. The Morgan fingerprint density at radius 1 is 1.24 bits per heavy atom. The van der Waals surface area contributed by atoms with Gasteiger partial charge >= 0.3 is 0 Å². The van der Waals surface area contributed by atoms with Gasteiger partial charge in [-0.05, 0) is 59.0 Å². The molecule has 110 valence electrons. The second-order valence-corrected chi connectivity index (χ2v) is 7.78. The van der Waals surface area contributed by atoms with Crippen LogP contribution in [0.15, 0.2) is 28.7 Å². The summed E-state index contributed by atoms with van der Waals surface area (Å²) < 4.78 is 3.04. The molecule has 0 atom stereocenters. The molecule has 0 bridgehead atoms. The average molecular weight is 367 g/mol. The average Bonchev–Trinajstić information content (AvgIpc) is 2.68. The topological polar surface area (TPSA) is 22.0 Å². The van der Waals surface area contributed by atoms with Crippen molar-refractivity contribution in [3.05, 3.63) is 50.7 Å². The van der Waals surface area contributed by atoms with E-state index in [1.807, 2.05) is 31.2 Å². The predicted octanol–water partition coefficient (Wildman–Crippen LogP) is 5.36. The maximum Gasteiger partial charge on any atom is 0.165 e. The summed E-state index contributed by atoms with van der Waals surface area (Å²) in [7, 11) is 0. The minimum atomic E-state index is 0.00574. The van der Waals surface area contributed by atoms with Gasteiger partial charge in [0.15, 0.2) is 5.78 Å². The first-order valence-electron chi connectivity index (χ1n) is 6.98. The summed E-state index contributed by atoms with van der Waals surface area (Å²) in [6.45, 7) is 6.33. The smallest absolute Gasteiger partial charge is 0.165 e. The number of nitrogens with zero attached hydrogens (tertiary/aromatic N) is 1. The van der Waals surface area contributed by atoms with E-state index < -0.39 is 0 Å². The van der Waals surface area contributed by atoms with Crippen molar-refractivity contribution in [2.45, 2.75) is 33.6 Å². The standard InChI is InChI=1S/C17H17BrClNO/c1-10-6-12-15(8-17(2,3)9-16(12)21)20(10)11-4-5-13(18)14(19)7-11/h4-7H,8-9H2,1-3H3. The van der Waals surface area contributed by atoms with Gasteiger partial charge < -0.3 is 4.57 Å². The van der Waals surface area contributed by atoms with Crippen molar-refractivity contribution in [2.24, 2.45) is 5.41 Å². The number of rotatable bonds is 1. The highest BCUT2D eigenvalue weighted by Gasteiger charge is 2.34. The Bertz CT molecular complexity index is 745. The van der Waals surface area contributed by atoms with E-state index in [2.05, 4.69) is 34.3 Å². The lowest BCUT2D eigenvalue weighted by Crippen LogP contribution is -2.27. The Labute approximate surface area is 138 Å². The number of carbonyl (C=O) groups is 1. The summed E-state index contributed by atoms with van der Waals surface area (Å²) in [5, 5.41) is 0.677. The lowest BCUT2D eigenvalue weighted by Gasteiger charge is -2.30. The van der Waals surface area contributed by atoms with Gasteiger partial charge in [-0.25, -0.2) is 0 Å². The lowest BCUT2D eigenvalue weighted by atomic mass is 9.76. The van der Waals surface area contributed by atoms with Gasteiger partial charge in [-0.1, -0.05) is 25.4 Å². The molecule has 1 aliphatic carbocycles. The third-order valence-corrected chi connectivity index (χ3v) is 5.27. The van der Waals surface area contributed by atoms with Crippen LogP contribution in [0.4, 0.5) is 0 Å². The SMILES string of the molecule is Cc1cc2c(n1-c1ccc(Br)c(Cl)c1)CC(C)(C)CC2=O. The van der Waals surface area contributed by atoms with Crippen LogP contribution in [0.1, 0.15) is 42.0 Å². The highest BCUT2D eigenvalue weighted by atomic mass is 79.9. The zero-order valence-electron chi connectivity index (χ0n) is 12.3. The van der Waals surface area contributed by atoms with E-state index in [1.54, 1.807) is 0 Å². The van der Waals surface area contributed by atoms with Crippen molar-refractivity contribution < 1.29 is 4.79 Å². The van der Waals surface area contributed by atoms with Crippen molar-refractivity contribution in [3.8, 4) is 5.69 Å². The van der Waals surface area contributed by atoms with Crippen molar-refractivity contribution >= 4 is 33.3 Å². The summed E-state index contributed by atoms with van der Waals surface area (Å²) in [6, 6.07) is 7.91. The first kappa shape index (κ1) is 14.9. The van der Waals surface area contributed by atoms with Crippen LogP contribution in [-0.4, -0.2) is 10.4 Å². The number of aromatic nitrogens is 1. The Morgan fingerprint density at radius 2 is 1.95 bits per heavy atom. The number of benzene rings is 1. The third-order valence-electron chi connectivity index (χ3n) is 4.03. The van der Waals surface area contributed by atoms with Crippen molar-refractivity contribution in [3.63, 3.8) is 0 Å². The van der Waals surface area contributed by atoms with Crippen LogP contribution in [-0.2, 0) is 6.42 Å². The van der Waals surface area contributed by atoms with Crippen LogP contribution in [0.2, 0.25) is 5.02 Å². The first-order chi connectivity index (χ1) is 9.78. The molecule has 2 nitrogen and oxygen atoms in total. The molecule has 3 rings (SSSR count). The number of halogens is 2. The number of carbonyl (C=O) groups excluding carboxylic acids is 1. The van der Waals surface area contributed by atoms with Gasteiger partial charge in [0, 0.05) is 33.5 Å². The number of ketones is 1. The molecule has 0 spiro atoms. The summed E-state index contributed by atoms with van der Waals surface area (Å²) in [5.74, 6) is 0.242. The molecule has 0 aliphatic heterocycles. The van der Waals surface area contributed by atoms with E-state index in [0.717, 1.165) is 33.5 Å². The molecule has 0 fully saturated rings. The van der Waals surface area contributed by atoms with E-state index in [9.17, 15) is 4.79 Å². The number of hydrogen-bond donors (Lipinski definition) is 0. The first-order valence-corrected chi connectivity index (χ1v) is 8.15. The molecule has 1 aromatic carbocycles. The minimum Gasteiger partial charge on any atom is -0.317 e. The highest BCUT2D eigenvalue weighted by molar-refractivity contribution is 9.10. The molecular weight excluding hydrogens is 350 g/mol. The van der Waals surface area contributed by atoms with Gasteiger partial charge in [0.1, 0.15) is 0 Å². The third kappa shape index (κ3) is 2.58. The van der Waals surface area contributed by atoms with Crippen LogP contribution in [0.3, 0.4) is 0 Å². The van der Waals surface area contributed by atoms with Crippen LogP contribution in [0.25, 0.3) is 5.69 Å². The molecule has 2 aromatic rings.